The highest BCUT2D eigenvalue weighted by Gasteiger charge is 2.52. The minimum Gasteiger partial charge on any atom is -0.362 e. The predicted octanol–water partition coefficient (Wildman–Crippen LogP) is 6.14. The van der Waals surface area contributed by atoms with Gasteiger partial charge in [-0.15, -0.1) is 0 Å². The van der Waals surface area contributed by atoms with Crippen molar-refractivity contribution in [3.63, 3.8) is 0 Å². The monoisotopic (exact) mass is 508 g/mol. The van der Waals surface area contributed by atoms with Crippen molar-refractivity contribution in [2.45, 2.75) is 71.0 Å². The second kappa shape index (κ2) is 7.88. The number of para-hydroxylation sites is 1. The molecule has 3 aliphatic rings. The number of nitrogens with one attached hydrogen (secondary N) is 1. The molecule has 5 heterocycles. The largest absolute Gasteiger partial charge is 0.362 e. The van der Waals surface area contributed by atoms with Gasteiger partial charge in [-0.2, -0.15) is 5.10 Å². The average molecular weight is 509 g/mol. The zero-order chi connectivity index (χ0) is 26.4. The molecule has 0 radical (unpaired) electrons. The maximum atomic E-state index is 16.2. The molecule has 3 aromatic heterocycles. The molecule has 2 atom stereocenters. The summed E-state index contributed by atoms with van der Waals surface area (Å²) in [5.41, 5.74) is 8.44. The summed E-state index contributed by atoms with van der Waals surface area (Å²) in [4.78, 5) is 14.9. The first kappa shape index (κ1) is 23.4. The standard InChI is InChI=1S/C31H33FN6/c1-6-19-8-7-9-21-24-14-30(4,32)27-23(10-12-33-27)31(24,5)28-22-17-37(13-11-25(22)36-38(28)26(19)21)29-34-15-20(16-35-29)18(2)3/h7-10,12,14-16,18,33H,6,11,13,17H2,1-5H3. The van der Waals surface area contributed by atoms with Crippen molar-refractivity contribution in [1.29, 1.82) is 0 Å². The first-order chi connectivity index (χ1) is 18.2. The number of alkyl halides is 1. The van der Waals surface area contributed by atoms with E-state index in [0.29, 0.717) is 18.2 Å². The SMILES string of the molecule is CCc1cccc2c1-n1nc3c(c1C1(C)C2=CC(C)(F)c2[nH]ccc21)CN(c1ncc(C(C)C)cn1)CC3. The van der Waals surface area contributed by atoms with Gasteiger partial charge in [0.15, 0.2) is 5.67 Å². The van der Waals surface area contributed by atoms with E-state index in [0.717, 1.165) is 64.7 Å². The maximum absolute atomic E-state index is 16.2. The Morgan fingerprint density at radius 2 is 1.92 bits per heavy atom. The highest BCUT2D eigenvalue weighted by atomic mass is 19.1. The van der Waals surface area contributed by atoms with Crippen molar-refractivity contribution in [3.8, 4) is 5.69 Å². The molecule has 1 aliphatic carbocycles. The zero-order valence-corrected chi connectivity index (χ0v) is 22.6. The number of benzene rings is 1. The van der Waals surface area contributed by atoms with Crippen molar-refractivity contribution in [1.82, 2.24) is 24.7 Å². The van der Waals surface area contributed by atoms with Gasteiger partial charge in [-0.1, -0.05) is 39.0 Å². The molecule has 7 heteroatoms. The molecule has 4 aromatic rings. The second-order valence-electron chi connectivity index (χ2n) is 11.5. The number of nitrogens with zero attached hydrogens (tertiary/aromatic N) is 5. The van der Waals surface area contributed by atoms with E-state index in [4.69, 9.17) is 15.1 Å². The Labute approximate surface area is 222 Å². The van der Waals surface area contributed by atoms with Gasteiger partial charge in [0.1, 0.15) is 0 Å². The number of aromatic amines is 1. The van der Waals surface area contributed by atoms with Gasteiger partial charge in [0, 0.05) is 49.2 Å². The topological polar surface area (TPSA) is 62.6 Å². The Balaban J connectivity index is 1.46. The number of anilines is 1. The maximum Gasteiger partial charge on any atom is 0.225 e. The molecule has 7 rings (SSSR count). The smallest absolute Gasteiger partial charge is 0.225 e. The number of aromatic nitrogens is 5. The number of fused-ring (bicyclic) bond motifs is 10. The van der Waals surface area contributed by atoms with E-state index in [1.165, 1.54) is 11.1 Å². The molecule has 0 bridgehead atoms. The van der Waals surface area contributed by atoms with Crippen LogP contribution in [0.15, 0.2) is 48.9 Å². The number of H-pyrrole nitrogens is 1. The van der Waals surface area contributed by atoms with E-state index in [-0.39, 0.29) is 0 Å². The predicted molar refractivity (Wildman–Crippen MR) is 148 cm³/mol. The summed E-state index contributed by atoms with van der Waals surface area (Å²) < 4.78 is 18.4. The summed E-state index contributed by atoms with van der Waals surface area (Å²) in [6, 6.07) is 8.44. The van der Waals surface area contributed by atoms with Crippen molar-refractivity contribution in [3.05, 3.63) is 93.8 Å². The summed E-state index contributed by atoms with van der Waals surface area (Å²) in [6.45, 7) is 11.9. The van der Waals surface area contributed by atoms with Crippen molar-refractivity contribution < 1.29 is 4.39 Å². The third-order valence-corrected chi connectivity index (χ3v) is 8.85. The molecular weight excluding hydrogens is 475 g/mol. The van der Waals surface area contributed by atoms with Crippen molar-refractivity contribution >= 4 is 11.5 Å². The van der Waals surface area contributed by atoms with Crippen LogP contribution in [0.25, 0.3) is 11.3 Å². The minimum atomic E-state index is -1.59. The summed E-state index contributed by atoms with van der Waals surface area (Å²) in [7, 11) is 0. The van der Waals surface area contributed by atoms with E-state index in [1.54, 1.807) is 6.92 Å². The van der Waals surface area contributed by atoms with Crippen LogP contribution in [0.1, 0.15) is 85.4 Å². The van der Waals surface area contributed by atoms with E-state index >= 15 is 4.39 Å². The third kappa shape index (κ3) is 3.01. The molecule has 2 unspecified atom stereocenters. The highest BCUT2D eigenvalue weighted by molar-refractivity contribution is 5.89. The molecule has 0 saturated carbocycles. The van der Waals surface area contributed by atoms with Crippen LogP contribution in [0.2, 0.25) is 0 Å². The highest BCUT2D eigenvalue weighted by Crippen LogP contribution is 2.57. The van der Waals surface area contributed by atoms with Crippen molar-refractivity contribution in [2.24, 2.45) is 0 Å². The number of halogens is 1. The summed E-state index contributed by atoms with van der Waals surface area (Å²) in [6.07, 6.45) is 9.27. The Kier molecular flexibility index (Phi) is 4.85. The number of hydrogen-bond donors (Lipinski definition) is 1. The Morgan fingerprint density at radius 3 is 2.66 bits per heavy atom. The van der Waals surface area contributed by atoms with Crippen LogP contribution in [0.3, 0.4) is 0 Å². The van der Waals surface area contributed by atoms with Gasteiger partial charge >= 0.3 is 0 Å². The molecule has 0 saturated heterocycles. The summed E-state index contributed by atoms with van der Waals surface area (Å²) in [5.74, 6) is 1.13. The van der Waals surface area contributed by atoms with E-state index in [2.05, 4.69) is 60.5 Å². The summed E-state index contributed by atoms with van der Waals surface area (Å²) in [5, 5.41) is 5.25. The molecule has 2 aliphatic heterocycles. The van der Waals surface area contributed by atoms with Crippen molar-refractivity contribution in [2.75, 3.05) is 11.4 Å². The fraction of sp³-hybridized carbons (Fsp3) is 0.387. The molecule has 38 heavy (non-hydrogen) atoms. The van der Waals surface area contributed by atoms with E-state index in [9.17, 15) is 0 Å². The molecule has 6 nitrogen and oxygen atoms in total. The van der Waals surface area contributed by atoms with Crippen LogP contribution in [-0.2, 0) is 30.5 Å². The fourth-order valence-corrected chi connectivity index (χ4v) is 6.78. The zero-order valence-electron chi connectivity index (χ0n) is 22.6. The number of hydrogen-bond acceptors (Lipinski definition) is 4. The number of rotatable bonds is 3. The normalized spacial score (nSPS) is 23.3. The lowest BCUT2D eigenvalue weighted by Crippen LogP contribution is -2.41. The molecule has 0 fully saturated rings. The molecular formula is C31H33FN6. The molecule has 0 spiro atoms. The lowest BCUT2D eigenvalue weighted by Gasteiger charge is -2.44. The Morgan fingerprint density at radius 1 is 1.13 bits per heavy atom. The molecule has 1 N–H and O–H groups in total. The van der Waals surface area contributed by atoms with E-state index in [1.807, 2.05) is 30.7 Å². The van der Waals surface area contributed by atoms with Crippen LogP contribution >= 0.6 is 0 Å². The lowest BCUT2D eigenvalue weighted by atomic mass is 9.62. The van der Waals surface area contributed by atoms with Crippen LogP contribution in [-0.4, -0.2) is 31.3 Å². The quantitative estimate of drug-likeness (QED) is 0.361. The fourth-order valence-electron chi connectivity index (χ4n) is 6.78. The first-order valence-corrected chi connectivity index (χ1v) is 13.7. The summed E-state index contributed by atoms with van der Waals surface area (Å²) >= 11 is 0. The van der Waals surface area contributed by atoms with Gasteiger partial charge < -0.3 is 9.88 Å². The van der Waals surface area contributed by atoms with Gasteiger partial charge in [0.2, 0.25) is 5.95 Å². The molecule has 1 aromatic carbocycles. The second-order valence-corrected chi connectivity index (χ2v) is 11.5. The van der Waals surface area contributed by atoms with Crippen LogP contribution in [0.4, 0.5) is 10.3 Å². The Bertz CT molecular complexity index is 1610. The van der Waals surface area contributed by atoms with Gasteiger partial charge in [0.05, 0.1) is 28.2 Å². The van der Waals surface area contributed by atoms with Crippen LogP contribution in [0, 0.1) is 0 Å². The van der Waals surface area contributed by atoms with Crippen LogP contribution < -0.4 is 4.90 Å². The van der Waals surface area contributed by atoms with Gasteiger partial charge in [0.25, 0.3) is 0 Å². The van der Waals surface area contributed by atoms with Gasteiger partial charge in [-0.25, -0.2) is 19.0 Å². The molecule has 194 valence electrons. The van der Waals surface area contributed by atoms with Crippen LogP contribution in [0.5, 0.6) is 0 Å². The third-order valence-electron chi connectivity index (χ3n) is 8.85. The number of aryl methyl sites for hydroxylation is 1. The van der Waals surface area contributed by atoms with E-state index < -0.39 is 11.1 Å². The van der Waals surface area contributed by atoms with Gasteiger partial charge in [-0.05, 0) is 60.6 Å². The van der Waals surface area contributed by atoms with Gasteiger partial charge in [-0.3, -0.25) is 0 Å². The lowest BCUT2D eigenvalue weighted by molar-refractivity contribution is 0.248. The minimum absolute atomic E-state index is 0.390. The Hall–Kier alpha value is -3.74. The first-order valence-electron chi connectivity index (χ1n) is 13.7. The average Bonchev–Trinajstić information content (AvgIpc) is 3.57. The number of allylic oxidation sites excluding steroid dienone is 2. The molecule has 0 amide bonds.